The average molecular weight is 476 g/mol. The third-order valence-corrected chi connectivity index (χ3v) is 6.19. The second kappa shape index (κ2) is 9.17. The summed E-state index contributed by atoms with van der Waals surface area (Å²) >= 11 is 0. The van der Waals surface area contributed by atoms with Crippen LogP contribution in [0.4, 0.5) is 8.78 Å². The van der Waals surface area contributed by atoms with Crippen LogP contribution >= 0.6 is 0 Å². The molecular weight excluding hydrogens is 454 g/mol. The molecule has 1 fully saturated rings. The summed E-state index contributed by atoms with van der Waals surface area (Å²) in [4.78, 5) is 31.5. The van der Waals surface area contributed by atoms with Crippen molar-refractivity contribution in [3.05, 3.63) is 101 Å². The second-order valence-electron chi connectivity index (χ2n) is 8.30. The van der Waals surface area contributed by atoms with E-state index < -0.39 is 11.6 Å². The van der Waals surface area contributed by atoms with E-state index in [2.05, 4.69) is 11.6 Å². The molecule has 1 saturated heterocycles. The minimum absolute atomic E-state index is 0.0593. The van der Waals surface area contributed by atoms with E-state index in [0.29, 0.717) is 36.5 Å². The zero-order chi connectivity index (χ0) is 24.5. The normalized spacial score (nSPS) is 15.5. The molecule has 178 valence electrons. The fraction of sp³-hybridized carbons (Fsp3) is 0.192. The van der Waals surface area contributed by atoms with Crippen LogP contribution in [0.1, 0.15) is 18.0 Å². The first kappa shape index (κ1) is 22.5. The Balaban J connectivity index is 1.43. The van der Waals surface area contributed by atoms with Gasteiger partial charge in [-0.15, -0.1) is 0 Å². The molecule has 0 aliphatic carbocycles. The molecule has 1 atom stereocenters. The number of hydrogen-bond acceptors (Lipinski definition) is 4. The molecule has 1 unspecified atom stereocenters. The van der Waals surface area contributed by atoms with Crippen molar-refractivity contribution in [3.63, 3.8) is 0 Å². The minimum atomic E-state index is -0.672. The SMILES string of the molecule is C=CC(=O)N1CCC(n2c(=O)n(-c3ccc(OCc4ccc(F)cc4F)cc3)c3cnccc32)C1. The molecule has 5 rings (SSSR count). The first-order valence-electron chi connectivity index (χ1n) is 11.1. The van der Waals surface area contributed by atoms with Crippen LogP contribution in [0.5, 0.6) is 5.75 Å². The van der Waals surface area contributed by atoms with E-state index in [1.54, 1.807) is 56.8 Å². The van der Waals surface area contributed by atoms with Crippen molar-refractivity contribution in [1.29, 1.82) is 0 Å². The second-order valence-corrected chi connectivity index (χ2v) is 8.30. The predicted octanol–water partition coefficient (Wildman–Crippen LogP) is 4.00. The lowest BCUT2D eigenvalue weighted by Gasteiger charge is -2.15. The summed E-state index contributed by atoms with van der Waals surface area (Å²) in [6, 6.07) is 11.8. The zero-order valence-electron chi connectivity index (χ0n) is 18.7. The maximum absolute atomic E-state index is 13.9. The van der Waals surface area contributed by atoms with E-state index in [0.717, 1.165) is 11.6 Å². The van der Waals surface area contributed by atoms with Crippen LogP contribution in [0.15, 0.2) is 78.4 Å². The van der Waals surface area contributed by atoms with Gasteiger partial charge in [-0.05, 0) is 55.0 Å². The summed E-state index contributed by atoms with van der Waals surface area (Å²) < 4.78 is 35.9. The fourth-order valence-corrected chi connectivity index (χ4v) is 4.44. The standard InChI is InChI=1S/C26H22F2N4O3/c1-2-25(33)30-12-10-20(15-30)32-23-9-11-29-14-24(23)31(26(32)34)19-5-7-21(8-6-19)35-16-17-3-4-18(27)13-22(17)28/h2-9,11,13-14,20H,1,10,12,15-16H2. The van der Waals surface area contributed by atoms with E-state index in [1.165, 1.54) is 18.2 Å². The molecular formula is C26H22F2N4O3. The smallest absolute Gasteiger partial charge is 0.334 e. The number of carbonyl (C=O) groups is 1. The summed E-state index contributed by atoms with van der Waals surface area (Å²) in [5.41, 5.74) is 2.00. The Hall–Kier alpha value is -4.27. The number of ether oxygens (including phenoxy) is 1. The lowest BCUT2D eigenvalue weighted by Crippen LogP contribution is -2.31. The Bertz CT molecular complexity index is 1480. The first-order chi connectivity index (χ1) is 17.0. The van der Waals surface area contributed by atoms with Gasteiger partial charge in [0.15, 0.2) is 0 Å². The van der Waals surface area contributed by atoms with Gasteiger partial charge in [0.1, 0.15) is 24.0 Å². The zero-order valence-corrected chi connectivity index (χ0v) is 18.7. The van der Waals surface area contributed by atoms with Crippen LogP contribution in [0, 0.1) is 11.6 Å². The highest BCUT2D eigenvalue weighted by molar-refractivity contribution is 5.87. The molecule has 7 nitrogen and oxygen atoms in total. The maximum atomic E-state index is 13.9. The molecule has 9 heteroatoms. The van der Waals surface area contributed by atoms with Gasteiger partial charge in [0, 0.05) is 30.9 Å². The van der Waals surface area contributed by atoms with E-state index in [-0.39, 0.29) is 29.8 Å². The van der Waals surface area contributed by atoms with Crippen molar-refractivity contribution in [2.24, 2.45) is 0 Å². The van der Waals surface area contributed by atoms with Gasteiger partial charge in [-0.2, -0.15) is 0 Å². The Kier molecular flexibility index (Phi) is 5.90. The summed E-state index contributed by atoms with van der Waals surface area (Å²) in [7, 11) is 0. The van der Waals surface area contributed by atoms with E-state index in [1.807, 2.05) is 0 Å². The summed E-state index contributed by atoms with van der Waals surface area (Å²) in [6.07, 6.45) is 5.21. The lowest BCUT2D eigenvalue weighted by molar-refractivity contribution is -0.125. The quantitative estimate of drug-likeness (QED) is 0.395. The molecule has 0 N–H and O–H groups in total. The number of imidazole rings is 1. The number of pyridine rings is 1. The number of carbonyl (C=O) groups excluding carboxylic acids is 1. The Labute approximate surface area is 199 Å². The van der Waals surface area contributed by atoms with Gasteiger partial charge in [0.2, 0.25) is 5.91 Å². The molecule has 1 aliphatic rings. The number of amides is 1. The molecule has 0 saturated carbocycles. The van der Waals surface area contributed by atoms with Crippen LogP contribution in [-0.2, 0) is 11.4 Å². The van der Waals surface area contributed by atoms with Crippen molar-refractivity contribution in [3.8, 4) is 11.4 Å². The number of aromatic nitrogens is 3. The van der Waals surface area contributed by atoms with Crippen LogP contribution in [0.3, 0.4) is 0 Å². The van der Waals surface area contributed by atoms with Crippen molar-refractivity contribution in [2.45, 2.75) is 19.1 Å². The monoisotopic (exact) mass is 476 g/mol. The van der Waals surface area contributed by atoms with Gasteiger partial charge in [0.05, 0.1) is 29.0 Å². The summed E-state index contributed by atoms with van der Waals surface area (Å²) in [5, 5.41) is 0. The third-order valence-electron chi connectivity index (χ3n) is 6.19. The number of nitrogens with zero attached hydrogens (tertiary/aromatic N) is 4. The molecule has 0 spiro atoms. The minimum Gasteiger partial charge on any atom is -0.489 e. The van der Waals surface area contributed by atoms with Crippen molar-refractivity contribution < 1.29 is 18.3 Å². The molecule has 35 heavy (non-hydrogen) atoms. The number of benzene rings is 2. The molecule has 1 amide bonds. The van der Waals surface area contributed by atoms with Gasteiger partial charge in [-0.25, -0.2) is 13.6 Å². The molecule has 2 aromatic heterocycles. The van der Waals surface area contributed by atoms with Gasteiger partial charge >= 0.3 is 5.69 Å². The Morgan fingerprint density at radius 1 is 1.14 bits per heavy atom. The fourth-order valence-electron chi connectivity index (χ4n) is 4.44. The number of rotatable bonds is 6. The van der Waals surface area contributed by atoms with Crippen LogP contribution < -0.4 is 10.4 Å². The highest BCUT2D eigenvalue weighted by Crippen LogP contribution is 2.27. The topological polar surface area (TPSA) is 69.4 Å². The predicted molar refractivity (Wildman–Crippen MR) is 126 cm³/mol. The van der Waals surface area contributed by atoms with Crippen molar-refractivity contribution >= 4 is 16.9 Å². The largest absolute Gasteiger partial charge is 0.489 e. The van der Waals surface area contributed by atoms with E-state index in [9.17, 15) is 18.4 Å². The Morgan fingerprint density at radius 2 is 1.94 bits per heavy atom. The molecule has 3 heterocycles. The van der Waals surface area contributed by atoms with Gasteiger partial charge < -0.3 is 9.64 Å². The maximum Gasteiger partial charge on any atom is 0.334 e. The number of hydrogen-bond donors (Lipinski definition) is 0. The lowest BCUT2D eigenvalue weighted by atomic mass is 10.2. The summed E-state index contributed by atoms with van der Waals surface area (Å²) in [5.74, 6) is -0.995. The van der Waals surface area contributed by atoms with Gasteiger partial charge in [-0.1, -0.05) is 6.58 Å². The average Bonchev–Trinajstić information content (AvgIpc) is 3.45. The Morgan fingerprint density at radius 3 is 2.69 bits per heavy atom. The molecule has 0 radical (unpaired) electrons. The number of likely N-dealkylation sites (tertiary alicyclic amines) is 1. The third kappa shape index (κ3) is 4.21. The molecule has 0 bridgehead atoms. The molecule has 2 aromatic carbocycles. The first-order valence-corrected chi connectivity index (χ1v) is 11.1. The van der Waals surface area contributed by atoms with Crippen LogP contribution in [0.25, 0.3) is 16.7 Å². The number of fused-ring (bicyclic) bond motifs is 1. The van der Waals surface area contributed by atoms with Crippen molar-refractivity contribution in [1.82, 2.24) is 19.0 Å². The summed E-state index contributed by atoms with van der Waals surface area (Å²) in [6.45, 7) is 4.47. The molecule has 4 aromatic rings. The van der Waals surface area contributed by atoms with E-state index in [4.69, 9.17) is 4.74 Å². The van der Waals surface area contributed by atoms with E-state index >= 15 is 0 Å². The van der Waals surface area contributed by atoms with Gasteiger partial charge in [-0.3, -0.25) is 18.9 Å². The van der Waals surface area contributed by atoms with Gasteiger partial charge in [0.25, 0.3) is 0 Å². The molecule has 1 aliphatic heterocycles. The van der Waals surface area contributed by atoms with Crippen molar-refractivity contribution in [2.75, 3.05) is 13.1 Å². The van der Waals surface area contributed by atoms with Crippen LogP contribution in [-0.4, -0.2) is 38.0 Å². The number of halogens is 2. The highest BCUT2D eigenvalue weighted by Gasteiger charge is 2.29. The van der Waals surface area contributed by atoms with Crippen LogP contribution in [0.2, 0.25) is 0 Å². The highest BCUT2D eigenvalue weighted by atomic mass is 19.1.